The molecule has 1 aromatic carbocycles. The van der Waals surface area contributed by atoms with Crippen LogP contribution in [0.1, 0.15) is 64.2 Å². The summed E-state index contributed by atoms with van der Waals surface area (Å²) in [7, 11) is 4.27. The van der Waals surface area contributed by atoms with Crippen LogP contribution >= 0.6 is 5.51 Å². The first-order valence-corrected chi connectivity index (χ1v) is 13.6. The molecule has 1 nitrogen and oxygen atoms in total. The summed E-state index contributed by atoms with van der Waals surface area (Å²) in [5.74, 6) is 0. The molecule has 0 aromatic heterocycles. The first kappa shape index (κ1) is 17.8. The molecule has 128 valence electrons. The van der Waals surface area contributed by atoms with E-state index in [0.29, 0.717) is 0 Å². The number of rotatable bonds is 4. The summed E-state index contributed by atoms with van der Waals surface area (Å²) in [6, 6.07) is 9.60. The average molecular weight is 396 g/mol. The Labute approximate surface area is 150 Å². The van der Waals surface area contributed by atoms with Gasteiger partial charge in [-0.05, 0) is 0 Å². The minimum atomic E-state index is -1.17. The molecule has 3 rings (SSSR count). The van der Waals surface area contributed by atoms with Crippen molar-refractivity contribution in [2.45, 2.75) is 75.5 Å². The van der Waals surface area contributed by atoms with Gasteiger partial charge in [-0.25, -0.2) is 0 Å². The first-order valence-electron chi connectivity index (χ1n) is 9.49. The molecule has 0 saturated heterocycles. The summed E-state index contributed by atoms with van der Waals surface area (Å²) >= 11 is 3.89. The van der Waals surface area contributed by atoms with Gasteiger partial charge in [-0.2, -0.15) is 0 Å². The van der Waals surface area contributed by atoms with Gasteiger partial charge in [0.2, 0.25) is 0 Å². The number of nitrogens with zero attached hydrogens (tertiary/aromatic N) is 1. The third-order valence-corrected chi connectivity index (χ3v) is 15.4. The summed E-state index contributed by atoms with van der Waals surface area (Å²) in [5, 5.41) is 1.67. The SMILES string of the molecule is CN(C)c1ccc(P(=[Se])(C2CCCCC2)C2CCCCC2)cc1. The van der Waals surface area contributed by atoms with Crippen molar-refractivity contribution in [2.24, 2.45) is 0 Å². The van der Waals surface area contributed by atoms with Crippen LogP contribution in [0, 0.1) is 0 Å². The molecule has 2 fully saturated rings. The van der Waals surface area contributed by atoms with Gasteiger partial charge in [0.15, 0.2) is 0 Å². The zero-order valence-corrected chi connectivity index (χ0v) is 17.4. The summed E-state index contributed by atoms with van der Waals surface area (Å²) in [6.07, 6.45) is 14.6. The summed E-state index contributed by atoms with van der Waals surface area (Å²) in [4.78, 5) is 2.21. The van der Waals surface area contributed by atoms with Crippen LogP contribution in [0.25, 0.3) is 0 Å². The molecule has 2 aliphatic carbocycles. The van der Waals surface area contributed by atoms with Crippen molar-refractivity contribution in [3.8, 4) is 0 Å². The molecule has 2 aliphatic rings. The predicted octanol–water partition coefficient (Wildman–Crippen LogP) is 5.14. The van der Waals surface area contributed by atoms with Crippen molar-refractivity contribution >= 4 is 31.6 Å². The number of anilines is 1. The summed E-state index contributed by atoms with van der Waals surface area (Å²) < 4.78 is 0. The van der Waals surface area contributed by atoms with E-state index in [2.05, 4.69) is 58.4 Å². The molecule has 1 aromatic rings. The number of benzene rings is 1. The summed E-state index contributed by atoms with van der Waals surface area (Å²) in [6.45, 7) is 0. The monoisotopic (exact) mass is 397 g/mol. The molecule has 2 saturated carbocycles. The second-order valence-electron chi connectivity index (χ2n) is 7.70. The number of hydrogen-bond donors (Lipinski definition) is 0. The van der Waals surface area contributed by atoms with E-state index < -0.39 is 5.51 Å². The molecule has 0 spiro atoms. The van der Waals surface area contributed by atoms with Gasteiger partial charge in [0.25, 0.3) is 0 Å². The average Bonchev–Trinajstić information content (AvgIpc) is 2.62. The fourth-order valence-corrected chi connectivity index (χ4v) is 12.4. The molecule has 0 aliphatic heterocycles. The van der Waals surface area contributed by atoms with Crippen LogP contribution < -0.4 is 10.2 Å². The first-order chi connectivity index (χ1) is 11.1. The van der Waals surface area contributed by atoms with Crippen LogP contribution in [-0.2, 0) is 0 Å². The Morgan fingerprint density at radius 2 is 1.22 bits per heavy atom. The zero-order valence-electron chi connectivity index (χ0n) is 14.8. The normalized spacial score (nSPS) is 21.3. The maximum absolute atomic E-state index is 3.89. The van der Waals surface area contributed by atoms with Gasteiger partial charge in [0.05, 0.1) is 0 Å². The molecular weight excluding hydrogens is 364 g/mol. The molecule has 0 atom stereocenters. The Hall–Kier alpha value is -0.0305. The van der Waals surface area contributed by atoms with Gasteiger partial charge in [-0.15, -0.1) is 0 Å². The van der Waals surface area contributed by atoms with Crippen LogP contribution in [0.2, 0.25) is 0 Å². The zero-order chi connectivity index (χ0) is 16.3. The van der Waals surface area contributed by atoms with Crippen molar-refractivity contribution in [2.75, 3.05) is 19.0 Å². The predicted molar refractivity (Wildman–Crippen MR) is 107 cm³/mol. The molecule has 0 unspecified atom stereocenters. The molecule has 3 heteroatoms. The van der Waals surface area contributed by atoms with Crippen LogP contribution in [0.5, 0.6) is 0 Å². The Balaban J connectivity index is 1.94. The van der Waals surface area contributed by atoms with Gasteiger partial charge in [-0.1, -0.05) is 0 Å². The van der Waals surface area contributed by atoms with Crippen molar-refractivity contribution in [1.29, 1.82) is 0 Å². The fourth-order valence-electron chi connectivity index (χ4n) is 4.63. The van der Waals surface area contributed by atoms with Crippen molar-refractivity contribution in [1.82, 2.24) is 0 Å². The van der Waals surface area contributed by atoms with Crippen molar-refractivity contribution in [3.05, 3.63) is 24.3 Å². The topological polar surface area (TPSA) is 3.24 Å². The molecular formula is C20H32NPSe. The third kappa shape index (κ3) is 3.81. The fraction of sp³-hybridized carbons (Fsp3) is 0.700. The van der Waals surface area contributed by atoms with Crippen LogP contribution in [0.4, 0.5) is 5.69 Å². The van der Waals surface area contributed by atoms with Gasteiger partial charge >= 0.3 is 150 Å². The van der Waals surface area contributed by atoms with E-state index in [4.69, 9.17) is 0 Å². The third-order valence-electron chi connectivity index (χ3n) is 6.00. The second kappa shape index (κ2) is 7.90. The Bertz CT molecular complexity index is 517. The van der Waals surface area contributed by atoms with E-state index in [0.717, 1.165) is 11.3 Å². The molecule has 0 amide bonds. The standard InChI is InChI=1S/C20H32NPSe/c1-21(2)17-13-15-20(16-14-17)22(23,18-9-5-3-6-10-18)19-11-7-4-8-12-19/h13-16,18-19H,3-12H2,1-2H3. The van der Waals surface area contributed by atoms with Gasteiger partial charge in [-0.3, -0.25) is 0 Å². The quantitative estimate of drug-likeness (QED) is 0.503. The molecule has 0 radical (unpaired) electrons. The van der Waals surface area contributed by atoms with E-state index in [1.54, 1.807) is 5.30 Å². The van der Waals surface area contributed by atoms with Gasteiger partial charge < -0.3 is 0 Å². The van der Waals surface area contributed by atoms with Gasteiger partial charge in [0.1, 0.15) is 0 Å². The van der Waals surface area contributed by atoms with E-state index in [1.165, 1.54) is 69.9 Å². The minimum absolute atomic E-state index is 0.949. The van der Waals surface area contributed by atoms with Crippen LogP contribution in [0.3, 0.4) is 0 Å². The molecule has 0 bridgehead atoms. The Morgan fingerprint density at radius 3 is 1.61 bits per heavy atom. The van der Waals surface area contributed by atoms with E-state index in [1.807, 2.05) is 0 Å². The second-order valence-corrected chi connectivity index (χ2v) is 14.9. The Morgan fingerprint density at radius 1 is 0.783 bits per heavy atom. The maximum atomic E-state index is 3.89. The summed E-state index contributed by atoms with van der Waals surface area (Å²) in [5.41, 5.74) is 2.06. The molecule has 0 N–H and O–H groups in total. The molecule has 23 heavy (non-hydrogen) atoms. The van der Waals surface area contributed by atoms with Crippen LogP contribution in [0.15, 0.2) is 24.3 Å². The Kier molecular flexibility index (Phi) is 6.11. The van der Waals surface area contributed by atoms with E-state index >= 15 is 0 Å². The van der Waals surface area contributed by atoms with Crippen molar-refractivity contribution < 1.29 is 0 Å². The number of hydrogen-bond acceptors (Lipinski definition) is 1. The van der Waals surface area contributed by atoms with Crippen LogP contribution in [-0.4, -0.2) is 40.5 Å². The van der Waals surface area contributed by atoms with E-state index in [9.17, 15) is 0 Å². The van der Waals surface area contributed by atoms with Crippen molar-refractivity contribution in [3.63, 3.8) is 0 Å². The molecule has 0 heterocycles. The van der Waals surface area contributed by atoms with E-state index in [-0.39, 0.29) is 0 Å². The van der Waals surface area contributed by atoms with Gasteiger partial charge in [0, 0.05) is 0 Å².